The molecule has 0 bridgehead atoms. The van der Waals surface area contributed by atoms with Gasteiger partial charge in [0, 0.05) is 0 Å². The molecule has 0 atom stereocenters. The first-order chi connectivity index (χ1) is 11.0. The Morgan fingerprint density at radius 1 is 0.478 bits per heavy atom. The van der Waals surface area contributed by atoms with Crippen molar-refractivity contribution in [1.29, 1.82) is 0 Å². The molecular weight excluding hydrogens is 314 g/mol. The van der Waals surface area contributed by atoms with E-state index >= 15 is 0 Å². The van der Waals surface area contributed by atoms with Crippen LogP contribution >= 0.6 is 15.8 Å². The molecule has 2 rings (SSSR count). The largest absolute Gasteiger partial charge is 0.116 e. The standard InChI is InChI=1S/C8H11P.C6H6.C3H9P.2C2H6/c1-9(2)8-6-4-3-5-7-8;1-2-4-6-5-3-1;1-4(2)3;2*1-2/h3-7H,1-2H3;1-6H;1-3H3;2*1-2H3. The molecule has 0 heterocycles. The highest BCUT2D eigenvalue weighted by molar-refractivity contribution is 7.64. The van der Waals surface area contributed by atoms with Crippen LogP contribution in [-0.2, 0) is 0 Å². The van der Waals surface area contributed by atoms with E-state index in [0.717, 1.165) is 0 Å². The van der Waals surface area contributed by atoms with Gasteiger partial charge in [-0.1, -0.05) is 102 Å². The Morgan fingerprint density at radius 2 is 0.696 bits per heavy atom. The summed E-state index contributed by atoms with van der Waals surface area (Å²) in [4.78, 5) is 0. The van der Waals surface area contributed by atoms with E-state index in [4.69, 9.17) is 0 Å². The van der Waals surface area contributed by atoms with Crippen molar-refractivity contribution in [1.82, 2.24) is 0 Å². The van der Waals surface area contributed by atoms with Gasteiger partial charge in [-0.15, -0.1) is 7.92 Å². The number of hydrogen-bond donors (Lipinski definition) is 0. The Balaban J connectivity index is -0.000000250. The first kappa shape index (κ1) is 27.2. The summed E-state index contributed by atoms with van der Waals surface area (Å²) in [7, 11) is 0.484. The topological polar surface area (TPSA) is 0 Å². The lowest BCUT2D eigenvalue weighted by atomic mass is 10.4. The van der Waals surface area contributed by atoms with Gasteiger partial charge in [0.05, 0.1) is 0 Å². The average Bonchev–Trinajstić information content (AvgIpc) is 2.61. The molecule has 0 aliphatic heterocycles. The van der Waals surface area contributed by atoms with E-state index in [0.29, 0.717) is 7.92 Å². The summed E-state index contributed by atoms with van der Waals surface area (Å²) in [6.07, 6.45) is 0. The van der Waals surface area contributed by atoms with Crippen LogP contribution in [0.5, 0.6) is 0 Å². The molecule has 0 spiro atoms. The summed E-state index contributed by atoms with van der Waals surface area (Å²) in [6.45, 7) is 19.2. The van der Waals surface area contributed by atoms with Gasteiger partial charge in [0.15, 0.2) is 0 Å². The first-order valence-corrected chi connectivity index (χ1v) is 13.3. The van der Waals surface area contributed by atoms with Crippen molar-refractivity contribution >= 4 is 21.1 Å². The maximum absolute atomic E-state index is 2.27. The summed E-state index contributed by atoms with van der Waals surface area (Å²) >= 11 is 0. The third-order valence-corrected chi connectivity index (χ3v) is 3.27. The first-order valence-electron chi connectivity index (χ1n) is 8.37. The zero-order chi connectivity index (χ0) is 18.5. The number of hydrogen-bond acceptors (Lipinski definition) is 0. The van der Waals surface area contributed by atoms with E-state index in [1.165, 1.54) is 5.30 Å². The zero-order valence-electron chi connectivity index (χ0n) is 16.7. The van der Waals surface area contributed by atoms with E-state index < -0.39 is 0 Å². The molecule has 132 valence electrons. The highest BCUT2D eigenvalue weighted by atomic mass is 31.1. The van der Waals surface area contributed by atoms with Gasteiger partial charge in [-0.3, -0.25) is 0 Å². The highest BCUT2D eigenvalue weighted by Crippen LogP contribution is 2.22. The molecule has 0 radical (unpaired) electrons. The zero-order valence-corrected chi connectivity index (χ0v) is 18.5. The molecule has 0 N–H and O–H groups in total. The predicted molar refractivity (Wildman–Crippen MR) is 119 cm³/mol. The number of rotatable bonds is 1. The van der Waals surface area contributed by atoms with Crippen molar-refractivity contribution in [3.8, 4) is 0 Å². The van der Waals surface area contributed by atoms with Crippen molar-refractivity contribution in [2.24, 2.45) is 0 Å². The van der Waals surface area contributed by atoms with Gasteiger partial charge in [-0.25, -0.2) is 0 Å². The molecule has 0 nitrogen and oxygen atoms in total. The van der Waals surface area contributed by atoms with Crippen LogP contribution in [0.2, 0.25) is 0 Å². The van der Waals surface area contributed by atoms with Crippen LogP contribution in [0.3, 0.4) is 0 Å². The maximum atomic E-state index is 2.27. The molecule has 0 amide bonds. The smallest absolute Gasteiger partial charge is 0.0246 e. The molecule has 0 saturated heterocycles. The fourth-order valence-corrected chi connectivity index (χ4v) is 1.88. The van der Waals surface area contributed by atoms with E-state index in [1.807, 2.05) is 64.1 Å². The monoisotopic (exact) mass is 352 g/mol. The molecule has 0 aliphatic carbocycles. The van der Waals surface area contributed by atoms with Crippen molar-refractivity contribution in [2.45, 2.75) is 27.7 Å². The van der Waals surface area contributed by atoms with Crippen LogP contribution in [0.4, 0.5) is 0 Å². The summed E-state index contributed by atoms with van der Waals surface area (Å²) in [5, 5.41) is 1.48. The highest BCUT2D eigenvalue weighted by Gasteiger charge is 1.92. The molecule has 23 heavy (non-hydrogen) atoms. The lowest BCUT2D eigenvalue weighted by Gasteiger charge is -2.02. The summed E-state index contributed by atoms with van der Waals surface area (Å²) in [5.74, 6) is 0. The molecule has 2 aromatic rings. The fourth-order valence-electron chi connectivity index (χ4n) is 1.11. The van der Waals surface area contributed by atoms with E-state index in [1.54, 1.807) is 0 Å². The Labute approximate surface area is 149 Å². The summed E-state index contributed by atoms with van der Waals surface area (Å²) < 4.78 is 0. The molecule has 0 unspecified atom stereocenters. The summed E-state index contributed by atoms with van der Waals surface area (Å²) in [6, 6.07) is 22.6. The van der Waals surface area contributed by atoms with Crippen LogP contribution in [0, 0.1) is 0 Å². The Morgan fingerprint density at radius 3 is 0.870 bits per heavy atom. The maximum Gasteiger partial charge on any atom is -0.0246 e. The van der Waals surface area contributed by atoms with Crippen LogP contribution < -0.4 is 5.30 Å². The van der Waals surface area contributed by atoms with Crippen LogP contribution in [0.15, 0.2) is 66.7 Å². The van der Waals surface area contributed by atoms with Crippen molar-refractivity contribution in [3.63, 3.8) is 0 Å². The van der Waals surface area contributed by atoms with Gasteiger partial charge in [0.1, 0.15) is 0 Å². The Bertz CT molecular complexity index is 354. The van der Waals surface area contributed by atoms with Gasteiger partial charge in [0.2, 0.25) is 0 Å². The second-order valence-corrected chi connectivity index (χ2v) is 9.71. The third-order valence-electron chi connectivity index (χ3n) is 1.94. The second kappa shape index (κ2) is 23.6. The van der Waals surface area contributed by atoms with E-state index in [2.05, 4.69) is 63.7 Å². The van der Waals surface area contributed by atoms with Gasteiger partial charge in [0.25, 0.3) is 0 Å². The quantitative estimate of drug-likeness (QED) is 0.478. The molecule has 0 fully saturated rings. The second-order valence-electron chi connectivity index (χ2n) is 4.73. The van der Waals surface area contributed by atoms with Gasteiger partial charge < -0.3 is 0 Å². The minimum atomic E-state index is 0.104. The Kier molecular flexibility index (Phi) is 27.8. The minimum Gasteiger partial charge on any atom is -0.116 e. The fraction of sp³-hybridized carbons (Fsp3) is 0.429. The third kappa shape index (κ3) is 26.5. The molecule has 0 aromatic heterocycles. The SMILES string of the molecule is CC.CC.CP(C)C.CP(C)c1ccccc1.c1ccccc1. The normalized spacial score (nSPS) is 8.13. The Hall–Kier alpha value is -0.700. The molecule has 0 saturated carbocycles. The van der Waals surface area contributed by atoms with E-state index in [9.17, 15) is 0 Å². The predicted octanol–water partition coefficient (Wildman–Crippen LogP) is 7.15. The lowest BCUT2D eigenvalue weighted by molar-refractivity contribution is 1.50. The van der Waals surface area contributed by atoms with Crippen molar-refractivity contribution < 1.29 is 0 Å². The van der Waals surface area contributed by atoms with Gasteiger partial charge in [-0.2, -0.15) is 0 Å². The van der Waals surface area contributed by atoms with E-state index in [-0.39, 0.29) is 7.92 Å². The van der Waals surface area contributed by atoms with Crippen LogP contribution in [-0.4, -0.2) is 33.3 Å². The summed E-state index contributed by atoms with van der Waals surface area (Å²) in [5.41, 5.74) is 0. The van der Waals surface area contributed by atoms with Gasteiger partial charge >= 0.3 is 0 Å². The number of benzene rings is 2. The molecule has 2 aromatic carbocycles. The molecular formula is C21H38P2. The van der Waals surface area contributed by atoms with Gasteiger partial charge in [-0.05, 0) is 38.6 Å². The molecule has 2 heteroatoms. The minimum absolute atomic E-state index is 0.104. The van der Waals surface area contributed by atoms with Crippen molar-refractivity contribution in [3.05, 3.63) is 66.7 Å². The molecule has 0 aliphatic rings. The van der Waals surface area contributed by atoms with Crippen LogP contribution in [0.25, 0.3) is 0 Å². The average molecular weight is 352 g/mol. The van der Waals surface area contributed by atoms with Crippen molar-refractivity contribution in [2.75, 3.05) is 33.3 Å². The lowest BCUT2D eigenvalue weighted by Crippen LogP contribution is -1.95. The van der Waals surface area contributed by atoms with Crippen LogP contribution in [0.1, 0.15) is 27.7 Å².